The van der Waals surface area contributed by atoms with Crippen LogP contribution >= 0.6 is 11.6 Å². The third-order valence-corrected chi connectivity index (χ3v) is 3.61. The number of nitrogens with zero attached hydrogens (tertiary/aromatic N) is 1. The average Bonchev–Trinajstić information content (AvgIpc) is 2.54. The zero-order valence-electron chi connectivity index (χ0n) is 11.3. The summed E-state index contributed by atoms with van der Waals surface area (Å²) in [5.74, 6) is 0.0750. The van der Waals surface area contributed by atoms with Crippen molar-refractivity contribution >= 4 is 28.7 Å². The first-order valence-corrected chi connectivity index (χ1v) is 7.03. The number of rotatable bonds is 3. The maximum atomic E-state index is 9.88. The summed E-state index contributed by atoms with van der Waals surface area (Å²) in [6.45, 7) is 0. The Labute approximate surface area is 128 Å². The van der Waals surface area contributed by atoms with Gasteiger partial charge in [-0.1, -0.05) is 54.1 Å². The lowest BCUT2D eigenvalue weighted by molar-refractivity contribution is 0.476. The molecule has 3 aromatic carbocycles. The summed E-state index contributed by atoms with van der Waals surface area (Å²) < 4.78 is 0. The second kappa shape index (κ2) is 5.90. The molecule has 1 N–H and O–H groups in total. The smallest absolute Gasteiger partial charge is 0.136 e. The standard InChI is InChI=1S/C18H14ClNO/c19-18-16(12-7-13-17(18)21)20(14-8-3-1-4-9-14)15-10-5-2-6-11-15/h1-13,21H. The molecular formula is C18H14ClNO. The third kappa shape index (κ3) is 2.71. The van der Waals surface area contributed by atoms with Crippen molar-refractivity contribution in [2.45, 2.75) is 0 Å². The maximum absolute atomic E-state index is 9.88. The van der Waals surface area contributed by atoms with E-state index >= 15 is 0 Å². The molecule has 0 fully saturated rings. The van der Waals surface area contributed by atoms with Crippen LogP contribution < -0.4 is 4.90 Å². The first kappa shape index (κ1) is 13.5. The molecule has 0 aliphatic rings. The second-order valence-corrected chi connectivity index (χ2v) is 4.99. The predicted molar refractivity (Wildman–Crippen MR) is 87.8 cm³/mol. The number of phenols is 1. The monoisotopic (exact) mass is 295 g/mol. The molecule has 0 aromatic heterocycles. The fourth-order valence-electron chi connectivity index (χ4n) is 2.26. The molecule has 0 radical (unpaired) electrons. The molecule has 0 atom stereocenters. The lowest BCUT2D eigenvalue weighted by atomic mass is 10.2. The first-order chi connectivity index (χ1) is 10.3. The summed E-state index contributed by atoms with van der Waals surface area (Å²) in [6, 6.07) is 25.1. The number of benzene rings is 3. The molecule has 2 nitrogen and oxygen atoms in total. The van der Waals surface area contributed by atoms with Gasteiger partial charge >= 0.3 is 0 Å². The van der Waals surface area contributed by atoms with Crippen LogP contribution in [0.4, 0.5) is 17.1 Å². The first-order valence-electron chi connectivity index (χ1n) is 6.65. The van der Waals surface area contributed by atoms with Crippen LogP contribution in [-0.2, 0) is 0 Å². The van der Waals surface area contributed by atoms with Gasteiger partial charge in [0.2, 0.25) is 0 Å². The lowest BCUT2D eigenvalue weighted by Gasteiger charge is -2.26. The Balaban J connectivity index is 2.20. The van der Waals surface area contributed by atoms with E-state index in [0.29, 0.717) is 5.02 Å². The summed E-state index contributed by atoms with van der Waals surface area (Å²) in [4.78, 5) is 2.02. The quantitative estimate of drug-likeness (QED) is 0.688. The molecule has 0 saturated carbocycles. The van der Waals surface area contributed by atoms with Gasteiger partial charge in [-0.3, -0.25) is 0 Å². The van der Waals surface area contributed by atoms with Crippen LogP contribution in [0.3, 0.4) is 0 Å². The number of hydrogen-bond donors (Lipinski definition) is 1. The highest BCUT2D eigenvalue weighted by Gasteiger charge is 2.16. The van der Waals surface area contributed by atoms with Gasteiger partial charge in [0.25, 0.3) is 0 Å². The van der Waals surface area contributed by atoms with Crippen LogP contribution in [-0.4, -0.2) is 5.11 Å². The summed E-state index contributed by atoms with van der Waals surface area (Å²) in [5.41, 5.74) is 2.71. The Morgan fingerprint density at radius 2 is 1.19 bits per heavy atom. The number of hydrogen-bond acceptors (Lipinski definition) is 2. The Morgan fingerprint density at radius 3 is 1.71 bits per heavy atom. The van der Waals surface area contributed by atoms with Crippen molar-refractivity contribution in [1.82, 2.24) is 0 Å². The molecule has 0 heterocycles. The van der Waals surface area contributed by atoms with Crippen molar-refractivity contribution in [2.75, 3.05) is 4.90 Å². The van der Waals surface area contributed by atoms with Gasteiger partial charge in [0, 0.05) is 11.4 Å². The molecule has 0 bridgehead atoms. The minimum atomic E-state index is 0.0750. The Kier molecular flexibility index (Phi) is 3.80. The fraction of sp³-hybridized carbons (Fsp3) is 0. The van der Waals surface area contributed by atoms with Crippen molar-refractivity contribution in [2.24, 2.45) is 0 Å². The SMILES string of the molecule is Oc1cccc(N(c2ccccc2)c2ccccc2)c1Cl. The van der Waals surface area contributed by atoms with Gasteiger partial charge in [0.15, 0.2) is 0 Å². The van der Waals surface area contributed by atoms with Gasteiger partial charge in [0.1, 0.15) is 10.8 Å². The van der Waals surface area contributed by atoms with Gasteiger partial charge in [-0.2, -0.15) is 0 Å². The van der Waals surface area contributed by atoms with Crippen molar-refractivity contribution < 1.29 is 5.11 Å². The second-order valence-electron chi connectivity index (χ2n) is 4.62. The Morgan fingerprint density at radius 1 is 0.667 bits per heavy atom. The van der Waals surface area contributed by atoms with Crippen LogP contribution in [0.1, 0.15) is 0 Å². The highest BCUT2D eigenvalue weighted by molar-refractivity contribution is 6.35. The minimum absolute atomic E-state index is 0.0750. The average molecular weight is 296 g/mol. The van der Waals surface area contributed by atoms with Crippen LogP contribution in [0.15, 0.2) is 78.9 Å². The zero-order chi connectivity index (χ0) is 14.7. The van der Waals surface area contributed by atoms with Crippen molar-refractivity contribution in [3.63, 3.8) is 0 Å². The maximum Gasteiger partial charge on any atom is 0.136 e. The van der Waals surface area contributed by atoms with Gasteiger partial charge in [-0.15, -0.1) is 0 Å². The highest BCUT2D eigenvalue weighted by atomic mass is 35.5. The predicted octanol–water partition coefficient (Wildman–Crippen LogP) is 5.52. The number of halogens is 1. The van der Waals surface area contributed by atoms with E-state index in [0.717, 1.165) is 17.1 Å². The van der Waals surface area contributed by atoms with Crippen LogP contribution in [0.25, 0.3) is 0 Å². The van der Waals surface area contributed by atoms with E-state index in [-0.39, 0.29) is 5.75 Å². The van der Waals surface area contributed by atoms with Crippen molar-refractivity contribution in [1.29, 1.82) is 0 Å². The minimum Gasteiger partial charge on any atom is -0.506 e. The van der Waals surface area contributed by atoms with Gasteiger partial charge < -0.3 is 10.0 Å². The van der Waals surface area contributed by atoms with E-state index in [1.54, 1.807) is 12.1 Å². The van der Waals surface area contributed by atoms with E-state index in [9.17, 15) is 5.11 Å². The molecule has 3 aromatic rings. The number of anilines is 3. The molecule has 0 amide bonds. The number of aromatic hydroxyl groups is 1. The summed E-state index contributed by atoms with van der Waals surface area (Å²) >= 11 is 6.30. The largest absolute Gasteiger partial charge is 0.506 e. The zero-order valence-corrected chi connectivity index (χ0v) is 12.0. The normalized spacial score (nSPS) is 10.3. The van der Waals surface area contributed by atoms with E-state index < -0.39 is 0 Å². The van der Waals surface area contributed by atoms with Gasteiger partial charge in [0.05, 0.1) is 5.69 Å². The summed E-state index contributed by atoms with van der Waals surface area (Å²) in [6.07, 6.45) is 0. The molecule has 0 aliphatic carbocycles. The molecular weight excluding hydrogens is 282 g/mol. The van der Waals surface area contributed by atoms with Crippen LogP contribution in [0.2, 0.25) is 5.02 Å². The number of para-hydroxylation sites is 2. The molecule has 21 heavy (non-hydrogen) atoms. The Bertz CT molecular complexity index is 689. The molecule has 3 rings (SSSR count). The topological polar surface area (TPSA) is 23.5 Å². The van der Waals surface area contributed by atoms with Gasteiger partial charge in [-0.25, -0.2) is 0 Å². The van der Waals surface area contributed by atoms with Crippen molar-refractivity contribution in [3.05, 3.63) is 83.9 Å². The van der Waals surface area contributed by atoms with E-state index in [1.807, 2.05) is 71.6 Å². The summed E-state index contributed by atoms with van der Waals surface area (Å²) in [5, 5.41) is 10.2. The van der Waals surface area contributed by atoms with Crippen LogP contribution in [0.5, 0.6) is 5.75 Å². The third-order valence-electron chi connectivity index (χ3n) is 3.23. The van der Waals surface area contributed by atoms with Crippen molar-refractivity contribution in [3.8, 4) is 5.75 Å². The van der Waals surface area contributed by atoms with E-state index in [2.05, 4.69) is 0 Å². The molecule has 0 saturated heterocycles. The lowest BCUT2D eigenvalue weighted by Crippen LogP contribution is -2.10. The van der Waals surface area contributed by atoms with Gasteiger partial charge in [-0.05, 0) is 36.4 Å². The van der Waals surface area contributed by atoms with Crippen LogP contribution in [0, 0.1) is 0 Å². The Hall–Kier alpha value is -2.45. The molecule has 104 valence electrons. The fourth-order valence-corrected chi connectivity index (χ4v) is 2.47. The van der Waals surface area contributed by atoms with E-state index in [4.69, 9.17) is 11.6 Å². The molecule has 0 aliphatic heterocycles. The highest BCUT2D eigenvalue weighted by Crippen LogP contribution is 2.41. The summed E-state index contributed by atoms with van der Waals surface area (Å²) in [7, 11) is 0. The molecule has 3 heteroatoms. The van der Waals surface area contributed by atoms with E-state index in [1.165, 1.54) is 0 Å². The molecule has 0 unspecified atom stereocenters. The molecule has 0 spiro atoms. The number of phenolic OH excluding ortho intramolecular Hbond substituents is 1.